The smallest absolute Gasteiger partial charge is 0.274 e. The molecule has 1 aromatic carbocycles. The van der Waals surface area contributed by atoms with Crippen molar-refractivity contribution in [2.45, 2.75) is 13.0 Å². The maximum absolute atomic E-state index is 12.7. The van der Waals surface area contributed by atoms with Crippen LogP contribution in [0.25, 0.3) is 0 Å². The summed E-state index contributed by atoms with van der Waals surface area (Å²) in [7, 11) is 0. The second-order valence-electron chi connectivity index (χ2n) is 6.28. The largest absolute Gasteiger partial charge is 0.338 e. The van der Waals surface area contributed by atoms with E-state index in [9.17, 15) is 9.59 Å². The van der Waals surface area contributed by atoms with Crippen molar-refractivity contribution in [3.8, 4) is 0 Å². The van der Waals surface area contributed by atoms with Crippen LogP contribution in [0.2, 0.25) is 0 Å². The van der Waals surface area contributed by atoms with E-state index in [-0.39, 0.29) is 17.7 Å². The monoisotopic (exact) mass is 322 g/mol. The van der Waals surface area contributed by atoms with Crippen molar-refractivity contribution in [3.63, 3.8) is 0 Å². The number of hydrogen-bond donors (Lipinski definition) is 0. The van der Waals surface area contributed by atoms with Crippen molar-refractivity contribution in [1.82, 2.24) is 19.8 Å². The molecular formula is C18H18N4O2. The molecule has 0 N–H and O–H groups in total. The molecule has 6 heteroatoms. The lowest BCUT2D eigenvalue weighted by molar-refractivity contribution is -0.140. The van der Waals surface area contributed by atoms with E-state index in [1.807, 2.05) is 17.0 Å². The van der Waals surface area contributed by atoms with Crippen LogP contribution in [0.15, 0.2) is 42.9 Å². The molecule has 0 bridgehead atoms. The molecule has 0 spiro atoms. The molecule has 122 valence electrons. The molecule has 2 aliphatic heterocycles. The molecule has 0 unspecified atom stereocenters. The number of carbonyl (C=O) groups excluding carboxylic acids is 2. The summed E-state index contributed by atoms with van der Waals surface area (Å²) in [6, 6.07) is 8.26. The summed E-state index contributed by atoms with van der Waals surface area (Å²) in [6.45, 7) is 2.35. The van der Waals surface area contributed by atoms with Crippen LogP contribution in [0, 0.1) is 5.92 Å². The molecule has 0 atom stereocenters. The van der Waals surface area contributed by atoms with Crippen molar-refractivity contribution in [2.24, 2.45) is 5.92 Å². The Bertz CT molecular complexity index is 772. The predicted molar refractivity (Wildman–Crippen MR) is 87.0 cm³/mol. The maximum Gasteiger partial charge on any atom is 0.274 e. The molecule has 2 amide bonds. The van der Waals surface area contributed by atoms with Gasteiger partial charge in [0.25, 0.3) is 5.91 Å². The van der Waals surface area contributed by atoms with Gasteiger partial charge in [0.05, 0.1) is 12.1 Å². The maximum atomic E-state index is 12.7. The van der Waals surface area contributed by atoms with E-state index < -0.39 is 0 Å². The van der Waals surface area contributed by atoms with Gasteiger partial charge in [-0.3, -0.25) is 14.6 Å². The molecule has 1 fully saturated rings. The molecule has 1 aromatic heterocycles. The highest BCUT2D eigenvalue weighted by molar-refractivity contribution is 5.94. The van der Waals surface area contributed by atoms with Crippen LogP contribution in [0.1, 0.15) is 21.6 Å². The minimum atomic E-state index is -0.156. The lowest BCUT2D eigenvalue weighted by Crippen LogP contribution is -2.57. The van der Waals surface area contributed by atoms with Crippen molar-refractivity contribution in [2.75, 3.05) is 19.6 Å². The lowest BCUT2D eigenvalue weighted by atomic mass is 9.94. The Balaban J connectivity index is 1.36. The zero-order chi connectivity index (χ0) is 16.5. The fourth-order valence-electron chi connectivity index (χ4n) is 3.31. The summed E-state index contributed by atoms with van der Waals surface area (Å²) >= 11 is 0. The Hall–Kier alpha value is -2.76. The molecule has 0 saturated carbocycles. The molecule has 2 aromatic rings. The highest BCUT2D eigenvalue weighted by atomic mass is 16.2. The van der Waals surface area contributed by atoms with Gasteiger partial charge in [-0.1, -0.05) is 24.3 Å². The van der Waals surface area contributed by atoms with E-state index >= 15 is 0 Å². The molecule has 0 aliphatic carbocycles. The van der Waals surface area contributed by atoms with Gasteiger partial charge in [-0.05, 0) is 17.5 Å². The summed E-state index contributed by atoms with van der Waals surface area (Å²) in [5.74, 6) is -0.111. The number of likely N-dealkylation sites (tertiary alicyclic amines) is 1. The zero-order valence-corrected chi connectivity index (χ0v) is 13.3. The Labute approximate surface area is 140 Å². The summed E-state index contributed by atoms with van der Waals surface area (Å²) < 4.78 is 0. The first-order valence-corrected chi connectivity index (χ1v) is 8.13. The average molecular weight is 322 g/mol. The van der Waals surface area contributed by atoms with Crippen LogP contribution in [0.5, 0.6) is 0 Å². The fraction of sp³-hybridized carbons (Fsp3) is 0.333. The van der Waals surface area contributed by atoms with Gasteiger partial charge < -0.3 is 9.80 Å². The Kier molecular flexibility index (Phi) is 3.72. The van der Waals surface area contributed by atoms with Crippen molar-refractivity contribution < 1.29 is 9.59 Å². The quantitative estimate of drug-likeness (QED) is 0.831. The molecule has 1 saturated heterocycles. The van der Waals surface area contributed by atoms with Gasteiger partial charge in [0.2, 0.25) is 5.91 Å². The average Bonchev–Trinajstić information content (AvgIpc) is 2.60. The summed E-state index contributed by atoms with van der Waals surface area (Å²) in [5.41, 5.74) is 2.88. The van der Waals surface area contributed by atoms with Crippen molar-refractivity contribution >= 4 is 11.8 Å². The number of nitrogens with zero attached hydrogens (tertiary/aromatic N) is 4. The topological polar surface area (TPSA) is 66.4 Å². The SMILES string of the molecule is O=C(c1cnccn1)N1CC(C(=O)N2CCc3ccccc3C2)C1. The molecule has 3 heterocycles. The summed E-state index contributed by atoms with van der Waals surface area (Å²) in [4.78, 5) is 36.4. The lowest BCUT2D eigenvalue weighted by Gasteiger charge is -2.41. The van der Waals surface area contributed by atoms with Crippen LogP contribution in [0.3, 0.4) is 0 Å². The van der Waals surface area contributed by atoms with E-state index in [4.69, 9.17) is 0 Å². The summed E-state index contributed by atoms with van der Waals surface area (Å²) in [5, 5.41) is 0. The van der Waals surface area contributed by atoms with Crippen LogP contribution in [-0.4, -0.2) is 51.2 Å². The number of benzene rings is 1. The third-order valence-corrected chi connectivity index (χ3v) is 4.74. The van der Waals surface area contributed by atoms with Gasteiger partial charge in [-0.2, -0.15) is 0 Å². The molecule has 0 radical (unpaired) electrons. The normalized spacial score (nSPS) is 17.2. The Morgan fingerprint density at radius 2 is 1.83 bits per heavy atom. The molecule has 2 aliphatic rings. The van der Waals surface area contributed by atoms with E-state index in [0.717, 1.165) is 13.0 Å². The summed E-state index contributed by atoms with van der Waals surface area (Å²) in [6.07, 6.45) is 5.39. The molecule has 6 nitrogen and oxygen atoms in total. The first-order valence-electron chi connectivity index (χ1n) is 8.13. The minimum Gasteiger partial charge on any atom is -0.338 e. The first kappa shape index (κ1) is 14.8. The van der Waals surface area contributed by atoms with E-state index in [0.29, 0.717) is 25.3 Å². The van der Waals surface area contributed by atoms with Crippen LogP contribution < -0.4 is 0 Å². The second-order valence-corrected chi connectivity index (χ2v) is 6.28. The highest BCUT2D eigenvalue weighted by Gasteiger charge is 2.39. The second kappa shape index (κ2) is 6.03. The highest BCUT2D eigenvalue weighted by Crippen LogP contribution is 2.24. The standard InChI is InChI=1S/C18H18N4O2/c23-17(21-8-5-13-3-1-2-4-14(13)10-21)15-11-22(12-15)18(24)16-9-19-6-7-20-16/h1-4,6-7,9,15H,5,8,10-12H2. The third-order valence-electron chi connectivity index (χ3n) is 4.74. The molecule has 4 rings (SSSR count). The van der Waals surface area contributed by atoms with E-state index in [1.165, 1.54) is 29.7 Å². The Morgan fingerprint density at radius 1 is 1.04 bits per heavy atom. The number of aromatic nitrogens is 2. The molecule has 24 heavy (non-hydrogen) atoms. The van der Waals surface area contributed by atoms with Gasteiger partial charge in [-0.25, -0.2) is 4.98 Å². The number of carbonyl (C=O) groups is 2. The van der Waals surface area contributed by atoms with Crippen molar-refractivity contribution in [1.29, 1.82) is 0 Å². The van der Waals surface area contributed by atoms with Gasteiger partial charge in [-0.15, -0.1) is 0 Å². The number of rotatable bonds is 2. The number of hydrogen-bond acceptors (Lipinski definition) is 4. The first-order chi connectivity index (χ1) is 11.7. The number of amides is 2. The van der Waals surface area contributed by atoms with Crippen LogP contribution >= 0.6 is 0 Å². The molecular weight excluding hydrogens is 304 g/mol. The third kappa shape index (κ3) is 2.64. The minimum absolute atomic E-state index is 0.101. The van der Waals surface area contributed by atoms with Gasteiger partial charge >= 0.3 is 0 Å². The number of fused-ring (bicyclic) bond motifs is 1. The fourth-order valence-corrected chi connectivity index (χ4v) is 3.31. The van der Waals surface area contributed by atoms with Crippen molar-refractivity contribution in [3.05, 3.63) is 59.7 Å². The van der Waals surface area contributed by atoms with Gasteiger partial charge in [0.15, 0.2) is 0 Å². The predicted octanol–water partition coefficient (Wildman–Crippen LogP) is 1.13. The van der Waals surface area contributed by atoms with Crippen LogP contribution in [-0.2, 0) is 17.8 Å². The van der Waals surface area contributed by atoms with E-state index in [2.05, 4.69) is 22.1 Å². The Morgan fingerprint density at radius 3 is 2.58 bits per heavy atom. The zero-order valence-electron chi connectivity index (χ0n) is 13.3. The van der Waals surface area contributed by atoms with Gasteiger partial charge in [0, 0.05) is 38.6 Å². The van der Waals surface area contributed by atoms with E-state index in [1.54, 1.807) is 4.90 Å². The van der Waals surface area contributed by atoms with Gasteiger partial charge in [0.1, 0.15) is 5.69 Å². The van der Waals surface area contributed by atoms with Crippen LogP contribution in [0.4, 0.5) is 0 Å².